The monoisotopic (exact) mass is 509 g/mol. The molecule has 2 nitrogen and oxygen atoms in total. The van der Waals surface area contributed by atoms with Crippen molar-refractivity contribution in [2.24, 2.45) is 0 Å². The molecule has 7 aromatic rings. The standard InChI is InChI=1S/C28H16INO/c29-17-13-15-18(16-14-17)30-23-11-5-3-9-21(23)26-27(30)20-8-2-1-7-19(20)25-22-10-4-6-12-24(22)31-28(25)26/h1-16H. The van der Waals surface area contributed by atoms with Crippen molar-refractivity contribution in [2.45, 2.75) is 0 Å². The minimum Gasteiger partial charge on any atom is -0.455 e. The van der Waals surface area contributed by atoms with Crippen LogP contribution in [0, 0.1) is 3.57 Å². The first kappa shape index (κ1) is 17.4. The highest BCUT2D eigenvalue weighted by Crippen LogP contribution is 2.45. The van der Waals surface area contributed by atoms with Crippen LogP contribution in [0.2, 0.25) is 0 Å². The molecule has 0 radical (unpaired) electrons. The molecule has 0 amide bonds. The Hall–Kier alpha value is -3.31. The Morgan fingerprint density at radius 1 is 0.581 bits per heavy atom. The summed E-state index contributed by atoms with van der Waals surface area (Å²) in [6.07, 6.45) is 0. The van der Waals surface area contributed by atoms with Crippen molar-refractivity contribution < 1.29 is 4.42 Å². The molecule has 146 valence electrons. The van der Waals surface area contributed by atoms with Gasteiger partial charge in [-0.2, -0.15) is 0 Å². The maximum absolute atomic E-state index is 6.54. The Morgan fingerprint density at radius 3 is 2.03 bits per heavy atom. The number of hydrogen-bond donors (Lipinski definition) is 0. The first-order valence-electron chi connectivity index (χ1n) is 10.3. The molecule has 0 bridgehead atoms. The van der Waals surface area contributed by atoms with E-state index in [1.807, 2.05) is 6.07 Å². The fourth-order valence-electron chi connectivity index (χ4n) is 4.98. The molecule has 0 fully saturated rings. The highest BCUT2D eigenvalue weighted by atomic mass is 127. The number of para-hydroxylation sites is 2. The molecule has 0 aliphatic rings. The molecule has 0 aliphatic carbocycles. The second-order valence-electron chi connectivity index (χ2n) is 7.90. The fourth-order valence-corrected chi connectivity index (χ4v) is 5.34. The molecule has 0 aliphatic heterocycles. The number of rotatable bonds is 1. The lowest BCUT2D eigenvalue weighted by Gasteiger charge is -2.10. The van der Waals surface area contributed by atoms with Gasteiger partial charge in [-0.25, -0.2) is 0 Å². The highest BCUT2D eigenvalue weighted by molar-refractivity contribution is 14.1. The van der Waals surface area contributed by atoms with Gasteiger partial charge in [0, 0.05) is 30.8 Å². The lowest BCUT2D eigenvalue weighted by Crippen LogP contribution is -1.94. The van der Waals surface area contributed by atoms with E-state index in [4.69, 9.17) is 4.42 Å². The molecule has 2 aromatic heterocycles. The highest BCUT2D eigenvalue weighted by Gasteiger charge is 2.22. The van der Waals surface area contributed by atoms with Gasteiger partial charge in [-0.15, -0.1) is 0 Å². The van der Waals surface area contributed by atoms with Gasteiger partial charge in [-0.1, -0.05) is 60.7 Å². The summed E-state index contributed by atoms with van der Waals surface area (Å²) in [5, 5.41) is 7.23. The molecular formula is C28H16INO. The summed E-state index contributed by atoms with van der Waals surface area (Å²) in [5.74, 6) is 0. The van der Waals surface area contributed by atoms with Crippen molar-refractivity contribution >= 4 is 77.1 Å². The Bertz CT molecular complexity index is 1790. The van der Waals surface area contributed by atoms with Crippen molar-refractivity contribution in [1.82, 2.24) is 4.57 Å². The SMILES string of the molecule is Ic1ccc(-n2c3ccccc3c3c4oc5ccccc5c4c4ccccc4c32)cc1. The third kappa shape index (κ3) is 2.32. The van der Waals surface area contributed by atoms with Gasteiger partial charge in [-0.05, 0) is 64.4 Å². The zero-order chi connectivity index (χ0) is 20.5. The number of furan rings is 1. The van der Waals surface area contributed by atoms with Crippen molar-refractivity contribution in [1.29, 1.82) is 0 Å². The van der Waals surface area contributed by atoms with Gasteiger partial charge in [0.1, 0.15) is 11.2 Å². The molecule has 3 heteroatoms. The summed E-state index contributed by atoms with van der Waals surface area (Å²) in [5.41, 5.74) is 5.45. The Kier molecular flexibility index (Phi) is 3.56. The van der Waals surface area contributed by atoms with E-state index in [9.17, 15) is 0 Å². The van der Waals surface area contributed by atoms with Crippen LogP contribution in [0.4, 0.5) is 0 Å². The van der Waals surface area contributed by atoms with Crippen LogP contribution in [-0.2, 0) is 0 Å². The second kappa shape index (κ2) is 6.34. The first-order chi connectivity index (χ1) is 15.3. The lowest BCUT2D eigenvalue weighted by atomic mass is 9.99. The summed E-state index contributed by atoms with van der Waals surface area (Å²) in [6, 6.07) is 34.4. The zero-order valence-corrected chi connectivity index (χ0v) is 18.6. The Morgan fingerprint density at radius 2 is 1.23 bits per heavy atom. The number of benzene rings is 5. The molecule has 2 heterocycles. The average molecular weight is 509 g/mol. The normalized spacial score (nSPS) is 12.0. The maximum Gasteiger partial charge on any atom is 0.146 e. The van der Waals surface area contributed by atoms with E-state index in [0.29, 0.717) is 0 Å². The van der Waals surface area contributed by atoms with Crippen molar-refractivity contribution in [3.63, 3.8) is 0 Å². The molecule has 0 saturated heterocycles. The van der Waals surface area contributed by atoms with Gasteiger partial charge in [0.25, 0.3) is 0 Å². The van der Waals surface area contributed by atoms with Crippen LogP contribution in [0.5, 0.6) is 0 Å². The molecular weight excluding hydrogens is 493 g/mol. The third-order valence-electron chi connectivity index (χ3n) is 6.23. The molecule has 0 atom stereocenters. The molecule has 0 spiro atoms. The van der Waals surface area contributed by atoms with Gasteiger partial charge in [-0.3, -0.25) is 0 Å². The lowest BCUT2D eigenvalue weighted by molar-refractivity contribution is 0.673. The van der Waals surface area contributed by atoms with Crippen LogP contribution in [0.3, 0.4) is 0 Å². The van der Waals surface area contributed by atoms with E-state index in [1.165, 1.54) is 46.9 Å². The Balaban J connectivity index is 1.85. The van der Waals surface area contributed by atoms with Crippen molar-refractivity contribution in [3.8, 4) is 5.69 Å². The Labute approximate surface area is 191 Å². The van der Waals surface area contributed by atoms with Crippen LogP contribution < -0.4 is 0 Å². The van der Waals surface area contributed by atoms with Crippen molar-refractivity contribution in [3.05, 3.63) is 101 Å². The first-order valence-corrected chi connectivity index (χ1v) is 11.4. The van der Waals surface area contributed by atoms with Gasteiger partial charge >= 0.3 is 0 Å². The van der Waals surface area contributed by atoms with Crippen molar-refractivity contribution in [2.75, 3.05) is 0 Å². The summed E-state index contributed by atoms with van der Waals surface area (Å²) in [4.78, 5) is 0. The minimum absolute atomic E-state index is 0.932. The summed E-state index contributed by atoms with van der Waals surface area (Å²) in [6.45, 7) is 0. The minimum atomic E-state index is 0.932. The number of halogens is 1. The van der Waals surface area contributed by atoms with Gasteiger partial charge < -0.3 is 8.98 Å². The maximum atomic E-state index is 6.54. The van der Waals surface area contributed by atoms with E-state index in [0.717, 1.165) is 16.9 Å². The molecule has 7 rings (SSSR count). The van der Waals surface area contributed by atoms with Crippen LogP contribution >= 0.6 is 22.6 Å². The third-order valence-corrected chi connectivity index (χ3v) is 6.95. The summed E-state index contributed by atoms with van der Waals surface area (Å²) in [7, 11) is 0. The van der Waals surface area contributed by atoms with E-state index in [-0.39, 0.29) is 0 Å². The molecule has 0 N–H and O–H groups in total. The van der Waals surface area contributed by atoms with E-state index in [1.54, 1.807) is 0 Å². The quantitative estimate of drug-likeness (QED) is 0.203. The van der Waals surface area contributed by atoms with Crippen LogP contribution in [-0.4, -0.2) is 4.57 Å². The average Bonchev–Trinajstić information content (AvgIpc) is 3.36. The van der Waals surface area contributed by atoms with Crippen LogP contribution in [0.25, 0.3) is 60.2 Å². The predicted molar refractivity (Wildman–Crippen MR) is 138 cm³/mol. The number of hydrogen-bond acceptors (Lipinski definition) is 1. The number of fused-ring (bicyclic) bond motifs is 10. The van der Waals surface area contributed by atoms with Crippen LogP contribution in [0.15, 0.2) is 101 Å². The molecule has 0 unspecified atom stereocenters. The largest absolute Gasteiger partial charge is 0.455 e. The number of nitrogens with zero attached hydrogens (tertiary/aromatic N) is 1. The molecule has 0 saturated carbocycles. The zero-order valence-electron chi connectivity index (χ0n) is 16.5. The van der Waals surface area contributed by atoms with E-state index >= 15 is 0 Å². The van der Waals surface area contributed by atoms with Gasteiger partial charge in [0.15, 0.2) is 0 Å². The molecule has 5 aromatic carbocycles. The second-order valence-corrected chi connectivity index (χ2v) is 9.15. The van der Waals surface area contributed by atoms with Gasteiger partial charge in [0.2, 0.25) is 0 Å². The predicted octanol–water partition coefficient (Wildman–Crippen LogP) is 8.44. The number of aromatic nitrogens is 1. The molecule has 31 heavy (non-hydrogen) atoms. The fraction of sp³-hybridized carbons (Fsp3) is 0. The van der Waals surface area contributed by atoms with Crippen LogP contribution in [0.1, 0.15) is 0 Å². The summed E-state index contributed by atoms with van der Waals surface area (Å²) < 4.78 is 10.1. The summed E-state index contributed by atoms with van der Waals surface area (Å²) >= 11 is 2.36. The van der Waals surface area contributed by atoms with Gasteiger partial charge in [0.05, 0.1) is 16.4 Å². The topological polar surface area (TPSA) is 18.1 Å². The smallest absolute Gasteiger partial charge is 0.146 e. The van der Waals surface area contributed by atoms with E-state index in [2.05, 4.69) is 118 Å². The van der Waals surface area contributed by atoms with E-state index < -0.39 is 0 Å².